The van der Waals surface area contributed by atoms with Crippen LogP contribution in [-0.4, -0.2) is 51.6 Å². The third-order valence-electron chi connectivity index (χ3n) is 3.62. The number of hydrogen-bond donors (Lipinski definition) is 2. The van der Waals surface area contributed by atoms with E-state index in [1.807, 2.05) is 0 Å². The second kappa shape index (κ2) is 9.02. The molecule has 0 unspecified atom stereocenters. The van der Waals surface area contributed by atoms with Crippen molar-refractivity contribution in [1.82, 2.24) is 20.4 Å². The molecule has 1 aliphatic heterocycles. The molecule has 1 aliphatic rings. The van der Waals surface area contributed by atoms with Gasteiger partial charge < -0.3 is 19.4 Å². The Hall–Kier alpha value is -3.29. The highest BCUT2D eigenvalue weighted by Gasteiger charge is 2.31. The Morgan fingerprint density at radius 3 is 2.67 bits per heavy atom. The summed E-state index contributed by atoms with van der Waals surface area (Å²) < 4.78 is 45.5. The van der Waals surface area contributed by atoms with Gasteiger partial charge in [0.15, 0.2) is 0 Å². The lowest BCUT2D eigenvalue weighted by Crippen LogP contribution is -2.48. The van der Waals surface area contributed by atoms with Gasteiger partial charge in [-0.05, 0) is 24.3 Å². The number of alkyl halides is 3. The zero-order valence-corrected chi connectivity index (χ0v) is 15.9. The van der Waals surface area contributed by atoms with Crippen LogP contribution >= 0.6 is 11.8 Å². The highest BCUT2D eigenvalue weighted by molar-refractivity contribution is 7.99. The van der Waals surface area contributed by atoms with Crippen molar-refractivity contribution in [2.45, 2.75) is 24.6 Å². The Morgan fingerprint density at radius 1 is 1.27 bits per heavy atom. The van der Waals surface area contributed by atoms with Gasteiger partial charge in [-0.25, -0.2) is 4.79 Å². The second-order valence-corrected chi connectivity index (χ2v) is 6.82. The molecule has 1 fully saturated rings. The maximum Gasteiger partial charge on any atom is 0.573 e. The smallest absolute Gasteiger partial charge is 0.414 e. The Bertz CT molecular complexity index is 934. The van der Waals surface area contributed by atoms with Gasteiger partial charge in [-0.1, -0.05) is 11.8 Å². The van der Waals surface area contributed by atoms with Gasteiger partial charge in [0.05, 0.1) is 5.75 Å². The molecule has 3 rings (SSSR count). The van der Waals surface area contributed by atoms with Crippen LogP contribution in [0.2, 0.25) is 0 Å². The predicted octanol–water partition coefficient (Wildman–Crippen LogP) is 2.14. The molecule has 4 amide bonds. The van der Waals surface area contributed by atoms with Crippen LogP contribution in [-0.2, 0) is 16.1 Å². The number of carbonyl (C=O) groups excluding carboxylic acids is 3. The number of ether oxygens (including phenoxy) is 1. The zero-order chi connectivity index (χ0) is 21.7. The number of nitrogens with zero attached hydrogens (tertiary/aromatic N) is 3. The van der Waals surface area contributed by atoms with Gasteiger partial charge in [-0.2, -0.15) is 0 Å². The van der Waals surface area contributed by atoms with Crippen molar-refractivity contribution in [3.05, 3.63) is 30.2 Å². The topological polar surface area (TPSA) is 127 Å². The predicted molar refractivity (Wildman–Crippen MR) is 95.3 cm³/mol. The Labute approximate surface area is 171 Å². The van der Waals surface area contributed by atoms with Crippen molar-refractivity contribution >= 4 is 35.3 Å². The molecule has 0 aliphatic carbocycles. The number of hydrogen-bond acceptors (Lipinski definition) is 8. The lowest BCUT2D eigenvalue weighted by molar-refractivity contribution is -0.274. The maximum absolute atomic E-state index is 12.1. The number of thioether (sulfide) groups is 1. The molecule has 0 bridgehead atoms. The summed E-state index contributed by atoms with van der Waals surface area (Å²) in [6.45, 7) is 0.246. The zero-order valence-electron chi connectivity index (χ0n) is 15.1. The van der Waals surface area contributed by atoms with E-state index in [0.29, 0.717) is 0 Å². The summed E-state index contributed by atoms with van der Waals surface area (Å²) in [5, 5.41) is 12.3. The molecule has 0 radical (unpaired) electrons. The number of urea groups is 1. The van der Waals surface area contributed by atoms with Gasteiger partial charge in [0, 0.05) is 18.7 Å². The van der Waals surface area contributed by atoms with Crippen LogP contribution in [0.25, 0.3) is 0 Å². The first kappa shape index (κ1) is 21.4. The molecule has 0 atom stereocenters. The lowest BCUT2D eigenvalue weighted by Gasteiger charge is -2.24. The second-order valence-electron chi connectivity index (χ2n) is 5.90. The fourth-order valence-corrected chi connectivity index (χ4v) is 2.92. The van der Waals surface area contributed by atoms with E-state index >= 15 is 0 Å². The van der Waals surface area contributed by atoms with Gasteiger partial charge in [0.2, 0.25) is 17.7 Å². The van der Waals surface area contributed by atoms with Crippen LogP contribution in [0.1, 0.15) is 12.3 Å². The number of amides is 4. The minimum Gasteiger partial charge on any atom is -0.414 e. The third kappa shape index (κ3) is 6.37. The number of carbonyl (C=O) groups is 3. The van der Waals surface area contributed by atoms with Crippen molar-refractivity contribution < 1.29 is 36.7 Å². The number of aromatic nitrogens is 2. The van der Waals surface area contributed by atoms with E-state index in [1.54, 1.807) is 0 Å². The minimum atomic E-state index is -4.79. The Balaban J connectivity index is 1.45. The largest absolute Gasteiger partial charge is 0.573 e. The van der Waals surface area contributed by atoms with Gasteiger partial charge in [-0.3, -0.25) is 14.9 Å². The van der Waals surface area contributed by atoms with E-state index in [9.17, 15) is 27.6 Å². The summed E-state index contributed by atoms with van der Waals surface area (Å²) in [6.07, 6.45) is -4.62. The van der Waals surface area contributed by atoms with Crippen LogP contribution < -0.4 is 15.4 Å². The SMILES string of the molecule is O=C1CCN(Cc2nnc(SCC(=O)Nc3ccc(OC(F)(F)F)cc3)o2)C(=O)N1. The van der Waals surface area contributed by atoms with Crippen molar-refractivity contribution in [2.24, 2.45) is 0 Å². The quantitative estimate of drug-likeness (QED) is 0.621. The van der Waals surface area contributed by atoms with Crippen LogP contribution in [0, 0.1) is 0 Å². The fraction of sp³-hybridized carbons (Fsp3) is 0.312. The molecule has 2 aromatic rings. The molecule has 1 saturated heterocycles. The summed E-state index contributed by atoms with van der Waals surface area (Å²) in [4.78, 5) is 36.1. The molecule has 2 heterocycles. The number of halogens is 3. The fourth-order valence-electron chi connectivity index (χ4n) is 2.34. The molecular weight excluding hydrogens is 431 g/mol. The maximum atomic E-state index is 12.1. The standard InChI is InChI=1S/C16H14F3N5O5S/c17-16(18,19)29-10-3-1-9(2-4-10)20-12(26)8-30-15-23-22-13(28-15)7-24-6-5-11(25)21-14(24)27/h1-4H,5-8H2,(H,20,26)(H,21,25,27). The molecule has 0 saturated carbocycles. The first-order chi connectivity index (χ1) is 14.2. The Kier molecular flexibility index (Phi) is 6.44. The summed E-state index contributed by atoms with van der Waals surface area (Å²) in [5.41, 5.74) is 0.284. The number of imide groups is 1. The van der Waals surface area contributed by atoms with E-state index < -0.39 is 24.1 Å². The van der Waals surface area contributed by atoms with E-state index in [4.69, 9.17) is 4.42 Å². The number of anilines is 1. The minimum absolute atomic E-state index is 0.0191. The van der Waals surface area contributed by atoms with Crippen LogP contribution in [0.3, 0.4) is 0 Å². The van der Waals surface area contributed by atoms with Crippen molar-refractivity contribution in [2.75, 3.05) is 17.6 Å². The molecule has 14 heteroatoms. The van der Waals surface area contributed by atoms with Crippen LogP contribution in [0.5, 0.6) is 5.75 Å². The third-order valence-corrected chi connectivity index (χ3v) is 4.43. The first-order valence-electron chi connectivity index (χ1n) is 8.37. The highest BCUT2D eigenvalue weighted by atomic mass is 32.2. The number of rotatable bonds is 7. The van der Waals surface area contributed by atoms with E-state index in [2.05, 4.69) is 25.6 Å². The molecule has 160 valence electrons. The molecule has 1 aromatic heterocycles. The van der Waals surface area contributed by atoms with E-state index in [-0.39, 0.29) is 48.0 Å². The summed E-state index contributed by atoms with van der Waals surface area (Å²) in [7, 11) is 0. The van der Waals surface area contributed by atoms with Gasteiger partial charge in [-0.15, -0.1) is 23.4 Å². The molecule has 0 spiro atoms. The van der Waals surface area contributed by atoms with Crippen molar-refractivity contribution in [3.63, 3.8) is 0 Å². The Morgan fingerprint density at radius 2 is 2.00 bits per heavy atom. The average molecular weight is 445 g/mol. The molecule has 1 aromatic carbocycles. The molecule has 2 N–H and O–H groups in total. The summed E-state index contributed by atoms with van der Waals surface area (Å²) >= 11 is 0.944. The first-order valence-corrected chi connectivity index (χ1v) is 9.36. The molecular formula is C16H14F3N5O5S. The van der Waals surface area contributed by atoms with E-state index in [0.717, 1.165) is 23.9 Å². The normalized spacial score (nSPS) is 14.4. The summed E-state index contributed by atoms with van der Waals surface area (Å²) in [5.74, 6) is -1.16. The average Bonchev–Trinajstić information content (AvgIpc) is 3.10. The van der Waals surface area contributed by atoms with E-state index in [1.165, 1.54) is 17.0 Å². The van der Waals surface area contributed by atoms with Gasteiger partial charge >= 0.3 is 12.4 Å². The number of benzene rings is 1. The van der Waals surface area contributed by atoms with Gasteiger partial charge in [0.1, 0.15) is 12.3 Å². The van der Waals surface area contributed by atoms with Crippen molar-refractivity contribution in [1.29, 1.82) is 0 Å². The van der Waals surface area contributed by atoms with Crippen molar-refractivity contribution in [3.8, 4) is 5.75 Å². The van der Waals surface area contributed by atoms with Gasteiger partial charge in [0.25, 0.3) is 5.22 Å². The lowest BCUT2D eigenvalue weighted by atomic mass is 10.3. The van der Waals surface area contributed by atoms with Crippen LogP contribution in [0.4, 0.5) is 23.7 Å². The summed E-state index contributed by atoms with van der Waals surface area (Å²) in [6, 6.07) is 4.13. The molecule has 30 heavy (non-hydrogen) atoms. The van der Waals surface area contributed by atoms with Crippen LogP contribution in [0.15, 0.2) is 33.9 Å². The molecule has 10 nitrogen and oxygen atoms in total. The monoisotopic (exact) mass is 445 g/mol. The number of nitrogens with one attached hydrogen (secondary N) is 2. The highest BCUT2D eigenvalue weighted by Crippen LogP contribution is 2.24.